The van der Waals surface area contributed by atoms with Gasteiger partial charge in [0.05, 0.1) is 0 Å². The van der Waals surface area contributed by atoms with Crippen LogP contribution in [0.15, 0.2) is 24.3 Å². The maximum atomic E-state index is 5.26. The lowest BCUT2D eigenvalue weighted by Crippen LogP contribution is -2.29. The summed E-state index contributed by atoms with van der Waals surface area (Å²) in [6.45, 7) is 7.01. The molecule has 0 atom stereocenters. The van der Waals surface area contributed by atoms with E-state index in [9.17, 15) is 0 Å². The fourth-order valence-electron chi connectivity index (χ4n) is 1.49. The molecular formula is C12H18N2. The largest absolute Gasteiger partial charge is 0.371 e. The van der Waals surface area contributed by atoms with Gasteiger partial charge in [-0.25, -0.2) is 0 Å². The molecule has 2 radical (unpaired) electrons. The Kier molecular flexibility index (Phi) is 4.47. The number of nitrogens with zero attached hydrogens (tertiary/aromatic N) is 1. The van der Waals surface area contributed by atoms with Gasteiger partial charge in [0.2, 0.25) is 0 Å². The molecule has 2 heteroatoms. The fraction of sp³-hybridized carbons (Fsp3) is 0.417. The lowest BCUT2D eigenvalue weighted by Gasteiger charge is -2.23. The molecule has 0 saturated heterocycles. The molecule has 14 heavy (non-hydrogen) atoms. The Morgan fingerprint density at radius 2 is 2.21 bits per heavy atom. The molecule has 0 saturated carbocycles. The molecule has 1 aromatic rings. The topological polar surface area (TPSA) is 15.3 Å². The molecule has 0 heterocycles. The van der Waals surface area contributed by atoms with Crippen molar-refractivity contribution in [2.24, 2.45) is 0 Å². The summed E-state index contributed by atoms with van der Waals surface area (Å²) in [7, 11) is 5.26. The van der Waals surface area contributed by atoms with Crippen LogP contribution < -0.4 is 10.2 Å². The molecule has 2 nitrogen and oxygen atoms in total. The molecule has 0 unspecified atom stereocenters. The van der Waals surface area contributed by atoms with Crippen LogP contribution >= 0.6 is 0 Å². The first kappa shape index (κ1) is 11.1. The van der Waals surface area contributed by atoms with Crippen LogP contribution in [0.4, 0.5) is 5.69 Å². The average molecular weight is 190 g/mol. The van der Waals surface area contributed by atoms with Gasteiger partial charge in [-0.05, 0) is 31.5 Å². The van der Waals surface area contributed by atoms with E-state index < -0.39 is 0 Å². The second-order valence-corrected chi connectivity index (χ2v) is 3.37. The summed E-state index contributed by atoms with van der Waals surface area (Å²) in [5.74, 6) is 0. The van der Waals surface area contributed by atoms with Gasteiger partial charge in [0, 0.05) is 32.4 Å². The smallest absolute Gasteiger partial charge is 0.0408 e. The Labute approximate surface area is 86.9 Å². The molecular weight excluding hydrogens is 172 g/mol. The first-order chi connectivity index (χ1) is 6.77. The van der Waals surface area contributed by atoms with Crippen molar-refractivity contribution in [2.75, 3.05) is 24.5 Å². The number of nitrogens with one attached hydrogen (secondary N) is 1. The fourth-order valence-corrected chi connectivity index (χ4v) is 1.49. The monoisotopic (exact) mass is 190 g/mol. The highest BCUT2D eigenvalue weighted by molar-refractivity contribution is 5.48. The summed E-state index contributed by atoms with van der Waals surface area (Å²) in [4.78, 5) is 2.30. The van der Waals surface area contributed by atoms with Gasteiger partial charge < -0.3 is 10.2 Å². The van der Waals surface area contributed by atoms with Crippen LogP contribution in [0.1, 0.15) is 12.5 Å². The highest BCUT2D eigenvalue weighted by Crippen LogP contribution is 2.14. The first-order valence-corrected chi connectivity index (χ1v) is 5.03. The number of anilines is 1. The van der Waals surface area contributed by atoms with Crippen molar-refractivity contribution in [2.45, 2.75) is 13.8 Å². The van der Waals surface area contributed by atoms with E-state index in [0.717, 1.165) is 19.6 Å². The Morgan fingerprint density at radius 3 is 2.79 bits per heavy atom. The second-order valence-electron chi connectivity index (χ2n) is 3.37. The molecule has 0 aliphatic rings. The zero-order valence-electron chi connectivity index (χ0n) is 8.96. The van der Waals surface area contributed by atoms with Crippen molar-refractivity contribution >= 4 is 5.69 Å². The number of aryl methyl sites for hydroxylation is 1. The van der Waals surface area contributed by atoms with Crippen molar-refractivity contribution in [1.82, 2.24) is 5.32 Å². The van der Waals surface area contributed by atoms with E-state index in [4.69, 9.17) is 7.05 Å². The van der Waals surface area contributed by atoms with Gasteiger partial charge in [-0.15, -0.1) is 0 Å². The van der Waals surface area contributed by atoms with E-state index in [2.05, 4.69) is 48.3 Å². The van der Waals surface area contributed by atoms with E-state index in [0.29, 0.717) is 0 Å². The Bertz CT molecular complexity index is 271. The van der Waals surface area contributed by atoms with Gasteiger partial charge in [0.1, 0.15) is 0 Å². The van der Waals surface area contributed by atoms with E-state index in [1.54, 1.807) is 0 Å². The number of hydrogen-bond acceptors (Lipinski definition) is 2. The molecule has 1 aromatic carbocycles. The third-order valence-electron chi connectivity index (χ3n) is 2.27. The lowest BCUT2D eigenvalue weighted by molar-refractivity contribution is 0.757. The van der Waals surface area contributed by atoms with Gasteiger partial charge in [-0.3, -0.25) is 0 Å². The minimum Gasteiger partial charge on any atom is -0.371 e. The SMILES string of the molecule is [CH]NCCN(CC)c1cccc(C)c1. The second kappa shape index (κ2) is 5.66. The Balaban J connectivity index is 2.68. The predicted molar refractivity (Wildman–Crippen MR) is 61.4 cm³/mol. The minimum absolute atomic E-state index is 0.807. The van der Waals surface area contributed by atoms with Crippen LogP contribution in [0.25, 0.3) is 0 Å². The van der Waals surface area contributed by atoms with Gasteiger partial charge in [0.15, 0.2) is 0 Å². The van der Waals surface area contributed by atoms with E-state index >= 15 is 0 Å². The maximum absolute atomic E-state index is 5.26. The van der Waals surface area contributed by atoms with E-state index in [1.807, 2.05) is 0 Å². The van der Waals surface area contributed by atoms with Gasteiger partial charge >= 0.3 is 0 Å². The Hall–Kier alpha value is -1.02. The molecule has 1 N–H and O–H groups in total. The average Bonchev–Trinajstić information content (AvgIpc) is 2.19. The third kappa shape index (κ3) is 3.04. The van der Waals surface area contributed by atoms with Crippen molar-refractivity contribution in [3.8, 4) is 0 Å². The van der Waals surface area contributed by atoms with Crippen molar-refractivity contribution < 1.29 is 0 Å². The van der Waals surface area contributed by atoms with Gasteiger partial charge in [0.25, 0.3) is 0 Å². The number of hydrogen-bond donors (Lipinski definition) is 1. The molecule has 0 aliphatic carbocycles. The number of benzene rings is 1. The van der Waals surface area contributed by atoms with Crippen LogP contribution in [0.5, 0.6) is 0 Å². The van der Waals surface area contributed by atoms with Crippen molar-refractivity contribution in [3.63, 3.8) is 0 Å². The zero-order valence-corrected chi connectivity index (χ0v) is 8.96. The summed E-state index contributed by atoms with van der Waals surface area (Å²) in [6.07, 6.45) is 0. The van der Waals surface area contributed by atoms with Crippen molar-refractivity contribution in [3.05, 3.63) is 36.9 Å². The van der Waals surface area contributed by atoms with Crippen LogP contribution in [-0.2, 0) is 0 Å². The summed E-state index contributed by atoms with van der Waals surface area (Å²) < 4.78 is 0. The molecule has 0 aliphatic heterocycles. The molecule has 1 rings (SSSR count). The summed E-state index contributed by atoms with van der Waals surface area (Å²) in [6, 6.07) is 8.52. The zero-order chi connectivity index (χ0) is 10.4. The Morgan fingerprint density at radius 1 is 1.43 bits per heavy atom. The molecule has 0 amide bonds. The predicted octanol–water partition coefficient (Wildman–Crippen LogP) is 2.08. The quantitative estimate of drug-likeness (QED) is 0.715. The molecule has 0 spiro atoms. The molecule has 76 valence electrons. The number of likely N-dealkylation sites (N-methyl/N-ethyl adjacent to an activating group) is 1. The summed E-state index contributed by atoms with van der Waals surface area (Å²) in [5.41, 5.74) is 2.56. The normalized spacial score (nSPS) is 10.2. The molecule has 0 bridgehead atoms. The van der Waals surface area contributed by atoms with Gasteiger partial charge in [-0.2, -0.15) is 0 Å². The van der Waals surface area contributed by atoms with Crippen molar-refractivity contribution in [1.29, 1.82) is 0 Å². The highest BCUT2D eigenvalue weighted by atomic mass is 15.1. The summed E-state index contributed by atoms with van der Waals surface area (Å²) in [5, 5.41) is 2.68. The maximum Gasteiger partial charge on any atom is 0.0408 e. The standard InChI is InChI=1S/C12H18N2/c1-4-14(9-8-13-3)12-7-5-6-11(2)10-12/h3,5-7,10,13H,4,8-9H2,1-2H3. The molecule has 0 aromatic heterocycles. The van der Waals surface area contributed by atoms with E-state index in [-0.39, 0.29) is 0 Å². The van der Waals surface area contributed by atoms with Crippen LogP contribution in [0.2, 0.25) is 0 Å². The van der Waals surface area contributed by atoms with E-state index in [1.165, 1.54) is 11.3 Å². The first-order valence-electron chi connectivity index (χ1n) is 5.03. The molecule has 0 fully saturated rings. The minimum atomic E-state index is 0.807. The highest BCUT2D eigenvalue weighted by Gasteiger charge is 2.02. The van der Waals surface area contributed by atoms with Crippen LogP contribution in [0, 0.1) is 14.0 Å². The summed E-state index contributed by atoms with van der Waals surface area (Å²) >= 11 is 0. The third-order valence-corrected chi connectivity index (χ3v) is 2.27. The lowest BCUT2D eigenvalue weighted by atomic mass is 10.2. The number of rotatable bonds is 5. The van der Waals surface area contributed by atoms with Crippen LogP contribution in [0.3, 0.4) is 0 Å². The van der Waals surface area contributed by atoms with Crippen LogP contribution in [-0.4, -0.2) is 19.6 Å². The van der Waals surface area contributed by atoms with Gasteiger partial charge in [-0.1, -0.05) is 12.1 Å².